The predicted octanol–water partition coefficient (Wildman–Crippen LogP) is 3.64. The van der Waals surface area contributed by atoms with E-state index < -0.39 is 0 Å². The van der Waals surface area contributed by atoms with Crippen molar-refractivity contribution >= 4 is 11.6 Å². The molecule has 1 N–H and O–H groups in total. The van der Waals surface area contributed by atoms with Crippen LogP contribution < -0.4 is 4.74 Å². The van der Waals surface area contributed by atoms with Crippen LogP contribution in [0.3, 0.4) is 0 Å². The highest BCUT2D eigenvalue weighted by atomic mass is 35.5. The zero-order chi connectivity index (χ0) is 12.8. The van der Waals surface area contributed by atoms with E-state index in [9.17, 15) is 5.11 Å². The van der Waals surface area contributed by atoms with Gasteiger partial charge >= 0.3 is 0 Å². The van der Waals surface area contributed by atoms with Gasteiger partial charge in [-0.2, -0.15) is 0 Å². The second kappa shape index (κ2) is 4.09. The molecule has 2 rings (SSSR count). The summed E-state index contributed by atoms with van der Waals surface area (Å²) >= 11 is 5.98. The minimum atomic E-state index is -0.283. The third-order valence-corrected chi connectivity index (χ3v) is 4.44. The van der Waals surface area contributed by atoms with E-state index in [-0.39, 0.29) is 5.60 Å². The van der Waals surface area contributed by atoms with Gasteiger partial charge in [0.2, 0.25) is 0 Å². The quantitative estimate of drug-likeness (QED) is 0.776. The SMILES string of the molecule is Cc1c(C)c2c(c(C)c1O)CC[C@](C)(CCl)O2. The molecule has 1 aliphatic heterocycles. The summed E-state index contributed by atoms with van der Waals surface area (Å²) in [6, 6.07) is 0. The highest BCUT2D eigenvalue weighted by Crippen LogP contribution is 2.43. The first-order valence-corrected chi connectivity index (χ1v) is 6.49. The normalized spacial score (nSPS) is 23.1. The Kier molecular flexibility index (Phi) is 3.03. The number of rotatable bonds is 1. The number of hydrogen-bond acceptors (Lipinski definition) is 2. The topological polar surface area (TPSA) is 29.5 Å². The smallest absolute Gasteiger partial charge is 0.127 e. The van der Waals surface area contributed by atoms with Crippen LogP contribution in [-0.4, -0.2) is 16.6 Å². The Bertz CT molecular complexity index is 468. The van der Waals surface area contributed by atoms with Crippen LogP contribution in [0.5, 0.6) is 11.5 Å². The molecule has 3 heteroatoms. The highest BCUT2D eigenvalue weighted by molar-refractivity contribution is 6.18. The molecule has 0 aliphatic carbocycles. The van der Waals surface area contributed by atoms with E-state index in [1.54, 1.807) is 0 Å². The molecule has 1 heterocycles. The van der Waals surface area contributed by atoms with Crippen molar-refractivity contribution < 1.29 is 9.84 Å². The average Bonchev–Trinajstić information content (AvgIpc) is 2.33. The molecule has 17 heavy (non-hydrogen) atoms. The van der Waals surface area contributed by atoms with E-state index in [1.165, 1.54) is 0 Å². The first-order chi connectivity index (χ1) is 7.89. The molecule has 1 aromatic rings. The molecule has 0 spiro atoms. The van der Waals surface area contributed by atoms with Crippen molar-refractivity contribution in [1.29, 1.82) is 0 Å². The third kappa shape index (κ3) is 1.89. The molecule has 0 amide bonds. The van der Waals surface area contributed by atoms with Crippen LogP contribution in [0.2, 0.25) is 0 Å². The van der Waals surface area contributed by atoms with Crippen LogP contribution in [-0.2, 0) is 6.42 Å². The summed E-state index contributed by atoms with van der Waals surface area (Å²) in [5, 5.41) is 10.0. The molecule has 0 saturated heterocycles. The Labute approximate surface area is 108 Å². The molecule has 1 aliphatic rings. The van der Waals surface area contributed by atoms with Crippen LogP contribution in [0, 0.1) is 20.8 Å². The fraction of sp³-hybridized carbons (Fsp3) is 0.571. The second-order valence-corrected chi connectivity index (χ2v) is 5.48. The van der Waals surface area contributed by atoms with Crippen LogP contribution in [0.25, 0.3) is 0 Å². The van der Waals surface area contributed by atoms with Crippen molar-refractivity contribution in [3.05, 3.63) is 22.3 Å². The lowest BCUT2D eigenvalue weighted by Gasteiger charge is -2.36. The van der Waals surface area contributed by atoms with E-state index in [2.05, 4.69) is 0 Å². The van der Waals surface area contributed by atoms with Gasteiger partial charge in [-0.15, -0.1) is 11.6 Å². The number of fused-ring (bicyclic) bond motifs is 1. The van der Waals surface area contributed by atoms with E-state index in [0.29, 0.717) is 11.6 Å². The third-order valence-electron chi connectivity index (χ3n) is 3.88. The summed E-state index contributed by atoms with van der Waals surface area (Å²) < 4.78 is 6.07. The number of ether oxygens (including phenoxy) is 1. The first kappa shape index (κ1) is 12.6. The fourth-order valence-electron chi connectivity index (χ4n) is 2.39. The largest absolute Gasteiger partial charge is 0.507 e. The Hall–Kier alpha value is -0.890. The van der Waals surface area contributed by atoms with Gasteiger partial charge in [-0.05, 0) is 57.2 Å². The van der Waals surface area contributed by atoms with E-state index in [4.69, 9.17) is 16.3 Å². The lowest BCUT2D eigenvalue weighted by Crippen LogP contribution is -2.38. The fourth-order valence-corrected chi connectivity index (χ4v) is 2.58. The number of phenolic OH excluding ortho intramolecular Hbond substituents is 1. The van der Waals surface area contributed by atoms with E-state index in [1.807, 2.05) is 27.7 Å². The summed E-state index contributed by atoms with van der Waals surface area (Å²) in [6.07, 6.45) is 1.81. The van der Waals surface area contributed by atoms with Crippen molar-refractivity contribution in [2.45, 2.75) is 46.1 Å². The lowest BCUT2D eigenvalue weighted by molar-refractivity contribution is 0.0866. The number of halogens is 1. The maximum absolute atomic E-state index is 10.0. The summed E-state index contributed by atoms with van der Waals surface area (Å²) in [6.45, 7) is 7.91. The number of alkyl halides is 1. The molecule has 1 atom stereocenters. The molecule has 0 fully saturated rings. The summed E-state index contributed by atoms with van der Waals surface area (Å²) in [4.78, 5) is 0. The van der Waals surface area contributed by atoms with Gasteiger partial charge in [0.15, 0.2) is 0 Å². The Morgan fingerprint density at radius 2 is 1.88 bits per heavy atom. The maximum Gasteiger partial charge on any atom is 0.127 e. The van der Waals surface area contributed by atoms with Gasteiger partial charge in [-0.25, -0.2) is 0 Å². The molecular weight excluding hydrogens is 236 g/mol. The van der Waals surface area contributed by atoms with Gasteiger partial charge in [0.1, 0.15) is 17.1 Å². The molecule has 0 aromatic heterocycles. The van der Waals surface area contributed by atoms with Crippen LogP contribution >= 0.6 is 11.6 Å². The van der Waals surface area contributed by atoms with Gasteiger partial charge < -0.3 is 9.84 Å². The van der Waals surface area contributed by atoms with Gasteiger partial charge in [-0.1, -0.05) is 0 Å². The minimum absolute atomic E-state index is 0.283. The molecule has 1 aromatic carbocycles. The summed E-state index contributed by atoms with van der Waals surface area (Å²) in [7, 11) is 0. The van der Waals surface area contributed by atoms with Crippen molar-refractivity contribution in [2.24, 2.45) is 0 Å². The predicted molar refractivity (Wildman–Crippen MR) is 70.4 cm³/mol. The van der Waals surface area contributed by atoms with Crippen molar-refractivity contribution in [3.8, 4) is 11.5 Å². The molecule has 0 unspecified atom stereocenters. The Balaban J connectivity index is 2.59. The van der Waals surface area contributed by atoms with Gasteiger partial charge in [-0.3, -0.25) is 0 Å². The number of phenols is 1. The second-order valence-electron chi connectivity index (χ2n) is 5.22. The zero-order valence-corrected chi connectivity index (χ0v) is 11.6. The van der Waals surface area contributed by atoms with Gasteiger partial charge in [0.25, 0.3) is 0 Å². The Morgan fingerprint density at radius 1 is 1.24 bits per heavy atom. The molecule has 0 saturated carbocycles. The lowest BCUT2D eigenvalue weighted by atomic mass is 9.88. The van der Waals surface area contributed by atoms with Crippen molar-refractivity contribution in [2.75, 3.05) is 5.88 Å². The number of hydrogen-bond donors (Lipinski definition) is 1. The highest BCUT2D eigenvalue weighted by Gasteiger charge is 2.33. The average molecular weight is 255 g/mol. The minimum Gasteiger partial charge on any atom is -0.507 e. The molecular formula is C14H19ClO2. The number of aromatic hydroxyl groups is 1. The van der Waals surface area contributed by atoms with Crippen molar-refractivity contribution in [1.82, 2.24) is 0 Å². The van der Waals surface area contributed by atoms with Gasteiger partial charge in [0.05, 0.1) is 5.88 Å². The molecule has 0 bridgehead atoms. The molecule has 0 radical (unpaired) electrons. The molecule has 2 nitrogen and oxygen atoms in total. The van der Waals surface area contributed by atoms with Crippen LogP contribution in [0.1, 0.15) is 35.6 Å². The van der Waals surface area contributed by atoms with E-state index in [0.717, 1.165) is 40.8 Å². The van der Waals surface area contributed by atoms with Crippen molar-refractivity contribution in [3.63, 3.8) is 0 Å². The van der Waals surface area contributed by atoms with Gasteiger partial charge in [0, 0.05) is 5.56 Å². The molecule has 94 valence electrons. The Morgan fingerprint density at radius 3 is 2.47 bits per heavy atom. The van der Waals surface area contributed by atoms with Crippen LogP contribution in [0.4, 0.5) is 0 Å². The zero-order valence-electron chi connectivity index (χ0n) is 10.9. The van der Waals surface area contributed by atoms with Crippen LogP contribution in [0.15, 0.2) is 0 Å². The summed E-state index contributed by atoms with van der Waals surface area (Å²) in [5.41, 5.74) is 3.72. The maximum atomic E-state index is 10.0. The first-order valence-electron chi connectivity index (χ1n) is 5.96. The standard InChI is InChI=1S/C14H19ClO2/c1-8-9(2)13-11(10(3)12(8)16)5-6-14(4,7-15)17-13/h16H,5-7H2,1-4H3/t14-/m1/s1. The summed E-state index contributed by atoms with van der Waals surface area (Å²) in [5.74, 6) is 1.82. The monoisotopic (exact) mass is 254 g/mol. The van der Waals surface area contributed by atoms with E-state index >= 15 is 0 Å². The number of benzene rings is 1.